The van der Waals surface area contributed by atoms with Crippen molar-refractivity contribution < 1.29 is 0 Å². The summed E-state index contributed by atoms with van der Waals surface area (Å²) in [4.78, 5) is 0. The summed E-state index contributed by atoms with van der Waals surface area (Å²) in [5.41, 5.74) is 1.48. The summed E-state index contributed by atoms with van der Waals surface area (Å²) in [6.45, 7) is 6.95. The van der Waals surface area contributed by atoms with Gasteiger partial charge in [0.05, 0.1) is 0 Å². The summed E-state index contributed by atoms with van der Waals surface area (Å²) >= 11 is 7.17. The largest absolute Gasteiger partial charge is 0.316 e. The summed E-state index contributed by atoms with van der Waals surface area (Å²) < 4.78 is 2.31. The van der Waals surface area contributed by atoms with Gasteiger partial charge in [0.1, 0.15) is 0 Å². The quantitative estimate of drug-likeness (QED) is 0.789. The maximum absolute atomic E-state index is 3.62. The van der Waals surface area contributed by atoms with E-state index in [-0.39, 0.29) is 0 Å². The summed E-state index contributed by atoms with van der Waals surface area (Å²) in [6.07, 6.45) is 2.57. The molecule has 0 aliphatic carbocycles. The van der Waals surface area contributed by atoms with Crippen molar-refractivity contribution in [3.63, 3.8) is 0 Å². The molecule has 1 aliphatic rings. The van der Waals surface area contributed by atoms with Gasteiger partial charge in [0.15, 0.2) is 0 Å². The summed E-state index contributed by atoms with van der Waals surface area (Å²) in [5.74, 6) is 2.25. The van der Waals surface area contributed by atoms with Gasteiger partial charge in [-0.25, -0.2) is 0 Å². The summed E-state index contributed by atoms with van der Waals surface area (Å²) in [7, 11) is 0. The van der Waals surface area contributed by atoms with E-state index >= 15 is 0 Å². The molecule has 1 N–H and O–H groups in total. The lowest BCUT2D eigenvalue weighted by molar-refractivity contribution is 0.280. The van der Waals surface area contributed by atoms with Gasteiger partial charge in [-0.3, -0.25) is 0 Å². The molecule has 1 saturated heterocycles. The van der Waals surface area contributed by atoms with Crippen LogP contribution < -0.4 is 5.32 Å². The van der Waals surface area contributed by atoms with E-state index in [1.165, 1.54) is 22.9 Å². The van der Waals surface area contributed by atoms with Crippen LogP contribution >= 0.6 is 31.9 Å². The van der Waals surface area contributed by atoms with Crippen molar-refractivity contribution in [1.82, 2.24) is 5.32 Å². The monoisotopic (exact) mass is 373 g/mol. The highest BCUT2D eigenvalue weighted by Crippen LogP contribution is 2.36. The van der Waals surface area contributed by atoms with Gasteiger partial charge in [-0.2, -0.15) is 0 Å². The third-order valence-corrected chi connectivity index (χ3v) is 5.63. The first kappa shape index (κ1) is 14.5. The van der Waals surface area contributed by atoms with Crippen molar-refractivity contribution in [1.29, 1.82) is 0 Å². The lowest BCUT2D eigenvalue weighted by Gasteiger charge is -2.34. The molecular weight excluding hydrogens is 354 g/mol. The molecule has 100 valence electrons. The van der Waals surface area contributed by atoms with Crippen LogP contribution in [0.5, 0.6) is 0 Å². The number of nitrogens with one attached hydrogen (secondary N) is 1. The van der Waals surface area contributed by atoms with Gasteiger partial charge in [0, 0.05) is 8.95 Å². The zero-order chi connectivity index (χ0) is 13.1. The fourth-order valence-corrected chi connectivity index (χ4v) is 3.60. The van der Waals surface area contributed by atoms with Crippen LogP contribution in [-0.4, -0.2) is 13.1 Å². The van der Waals surface area contributed by atoms with Crippen molar-refractivity contribution in [3.05, 3.63) is 32.7 Å². The predicted octanol–water partition coefficient (Wildman–Crippen LogP) is 4.95. The second-order valence-corrected chi connectivity index (χ2v) is 7.37. The first-order chi connectivity index (χ1) is 8.58. The smallest absolute Gasteiger partial charge is 0.0320 e. The molecule has 0 saturated carbocycles. The Kier molecular flexibility index (Phi) is 5.28. The topological polar surface area (TPSA) is 12.0 Å². The lowest BCUT2D eigenvalue weighted by atomic mass is 9.77. The normalized spacial score (nSPS) is 24.5. The standard InChI is InChI=1S/C15H21Br2N/c1-10(2)7-12-9-18-6-5-13(12)11-3-4-14(16)15(17)8-11/h3-4,8,10,12-13,18H,5-7,9H2,1-2H3. The van der Waals surface area contributed by atoms with Crippen LogP contribution in [0.1, 0.15) is 38.2 Å². The van der Waals surface area contributed by atoms with E-state index in [4.69, 9.17) is 0 Å². The van der Waals surface area contributed by atoms with Crippen LogP contribution in [0.25, 0.3) is 0 Å². The number of halogens is 2. The maximum atomic E-state index is 3.62. The van der Waals surface area contributed by atoms with Gasteiger partial charge in [-0.05, 0) is 93.2 Å². The molecule has 1 heterocycles. The Balaban J connectivity index is 2.19. The van der Waals surface area contributed by atoms with Gasteiger partial charge in [-0.1, -0.05) is 19.9 Å². The van der Waals surface area contributed by atoms with E-state index < -0.39 is 0 Å². The van der Waals surface area contributed by atoms with Gasteiger partial charge in [-0.15, -0.1) is 0 Å². The molecule has 1 fully saturated rings. The Labute approximate surface area is 127 Å². The van der Waals surface area contributed by atoms with Gasteiger partial charge < -0.3 is 5.32 Å². The van der Waals surface area contributed by atoms with Crippen LogP contribution in [0, 0.1) is 11.8 Å². The third kappa shape index (κ3) is 3.58. The first-order valence-electron chi connectivity index (χ1n) is 6.73. The first-order valence-corrected chi connectivity index (χ1v) is 8.32. The second kappa shape index (κ2) is 6.53. The number of rotatable bonds is 3. The van der Waals surface area contributed by atoms with Crippen LogP contribution in [0.3, 0.4) is 0 Å². The molecule has 1 aromatic carbocycles. The average molecular weight is 375 g/mol. The van der Waals surface area contributed by atoms with E-state index in [0.29, 0.717) is 5.92 Å². The minimum absolute atomic E-state index is 0.707. The number of piperidine rings is 1. The Bertz CT molecular complexity index is 403. The van der Waals surface area contributed by atoms with Crippen LogP contribution in [0.4, 0.5) is 0 Å². The van der Waals surface area contributed by atoms with Crippen molar-refractivity contribution in [2.24, 2.45) is 11.8 Å². The molecule has 1 nitrogen and oxygen atoms in total. The average Bonchev–Trinajstić information content (AvgIpc) is 2.33. The second-order valence-electron chi connectivity index (χ2n) is 5.66. The molecule has 18 heavy (non-hydrogen) atoms. The fourth-order valence-electron chi connectivity index (χ4n) is 2.96. The number of benzene rings is 1. The molecule has 1 aliphatic heterocycles. The minimum atomic E-state index is 0.707. The van der Waals surface area contributed by atoms with Gasteiger partial charge in [0.25, 0.3) is 0 Å². The SMILES string of the molecule is CC(C)CC1CNCCC1c1ccc(Br)c(Br)c1. The molecule has 2 unspecified atom stereocenters. The highest BCUT2D eigenvalue weighted by molar-refractivity contribution is 9.13. The van der Waals surface area contributed by atoms with Crippen LogP contribution in [0.15, 0.2) is 27.1 Å². The van der Waals surface area contributed by atoms with E-state index in [1.807, 2.05) is 0 Å². The highest BCUT2D eigenvalue weighted by atomic mass is 79.9. The van der Waals surface area contributed by atoms with Crippen molar-refractivity contribution >= 4 is 31.9 Å². The number of hydrogen-bond acceptors (Lipinski definition) is 1. The number of hydrogen-bond donors (Lipinski definition) is 1. The molecule has 0 spiro atoms. The zero-order valence-electron chi connectivity index (χ0n) is 11.0. The highest BCUT2D eigenvalue weighted by Gasteiger charge is 2.27. The summed E-state index contributed by atoms with van der Waals surface area (Å²) in [6, 6.07) is 6.72. The van der Waals surface area contributed by atoms with E-state index in [2.05, 4.69) is 69.2 Å². The molecule has 0 aromatic heterocycles. The Morgan fingerprint density at radius 3 is 2.72 bits per heavy atom. The Hall–Kier alpha value is 0.140. The van der Waals surface area contributed by atoms with Crippen LogP contribution in [0.2, 0.25) is 0 Å². The molecule has 3 heteroatoms. The molecular formula is C15H21Br2N. The molecule has 0 radical (unpaired) electrons. The van der Waals surface area contributed by atoms with Gasteiger partial charge in [0.2, 0.25) is 0 Å². The van der Waals surface area contributed by atoms with E-state index in [9.17, 15) is 0 Å². The Morgan fingerprint density at radius 1 is 1.28 bits per heavy atom. The molecule has 2 atom stereocenters. The van der Waals surface area contributed by atoms with Crippen molar-refractivity contribution in [3.8, 4) is 0 Å². The molecule has 0 amide bonds. The fraction of sp³-hybridized carbons (Fsp3) is 0.600. The minimum Gasteiger partial charge on any atom is -0.316 e. The van der Waals surface area contributed by atoms with Crippen LogP contribution in [-0.2, 0) is 0 Å². The van der Waals surface area contributed by atoms with E-state index in [1.54, 1.807) is 0 Å². The predicted molar refractivity (Wildman–Crippen MR) is 85.0 cm³/mol. The third-order valence-electron chi connectivity index (χ3n) is 3.75. The van der Waals surface area contributed by atoms with Crippen molar-refractivity contribution in [2.75, 3.05) is 13.1 Å². The molecule has 0 bridgehead atoms. The lowest BCUT2D eigenvalue weighted by Crippen LogP contribution is -2.36. The zero-order valence-corrected chi connectivity index (χ0v) is 14.2. The summed E-state index contributed by atoms with van der Waals surface area (Å²) in [5, 5.41) is 3.54. The van der Waals surface area contributed by atoms with Crippen molar-refractivity contribution in [2.45, 2.75) is 32.6 Å². The van der Waals surface area contributed by atoms with Gasteiger partial charge >= 0.3 is 0 Å². The van der Waals surface area contributed by atoms with E-state index in [0.717, 1.165) is 29.4 Å². The maximum Gasteiger partial charge on any atom is 0.0320 e. The Morgan fingerprint density at radius 2 is 2.06 bits per heavy atom. The molecule has 1 aromatic rings. The molecule has 2 rings (SSSR count).